The molecular weight excluding hydrogens is 526 g/mol. The maximum Gasteiger partial charge on any atom is 0.298 e. The standard InChI is InChI=1S/C27H26F2N6O3S/c28-23(29)15-33-9-8-16(14-33)31-25(36)22-13-20-26(39-22)32-24(30)27(37)35(20)18-6-7-21-19(12-18)34(10-11-38-21)17-4-2-1-3-5-17/h1-7,12-13,16,23H,8-11,14-15H2,(H2,30,32)(H,31,36)/t16-/m0/s1. The number of aromatic nitrogens is 2. The first kappa shape index (κ1) is 25.3. The van der Waals surface area contributed by atoms with Gasteiger partial charge >= 0.3 is 0 Å². The second-order valence-electron chi connectivity index (χ2n) is 9.54. The van der Waals surface area contributed by atoms with Crippen molar-refractivity contribution >= 4 is 44.8 Å². The van der Waals surface area contributed by atoms with Crippen molar-refractivity contribution in [1.82, 2.24) is 19.8 Å². The lowest BCUT2D eigenvalue weighted by molar-refractivity contribution is 0.0921. The molecule has 2 aromatic heterocycles. The number of carbonyl (C=O) groups excluding carboxylic acids is 1. The van der Waals surface area contributed by atoms with Gasteiger partial charge in [0.15, 0.2) is 5.82 Å². The summed E-state index contributed by atoms with van der Waals surface area (Å²) in [5.74, 6) is 0.181. The Kier molecular flexibility index (Phi) is 6.65. The molecule has 2 aromatic carbocycles. The Morgan fingerprint density at radius 2 is 1.97 bits per heavy atom. The zero-order valence-electron chi connectivity index (χ0n) is 20.8. The third-order valence-corrected chi connectivity index (χ3v) is 7.96. The molecule has 202 valence electrons. The Bertz CT molecular complexity index is 1590. The molecule has 0 radical (unpaired) electrons. The highest BCUT2D eigenvalue weighted by Gasteiger charge is 2.27. The van der Waals surface area contributed by atoms with Crippen LogP contribution >= 0.6 is 11.3 Å². The van der Waals surface area contributed by atoms with E-state index in [0.29, 0.717) is 59.3 Å². The van der Waals surface area contributed by atoms with Gasteiger partial charge in [-0.2, -0.15) is 0 Å². The summed E-state index contributed by atoms with van der Waals surface area (Å²) < 4.78 is 32.8. The Morgan fingerprint density at radius 1 is 1.15 bits per heavy atom. The number of rotatable bonds is 6. The third kappa shape index (κ3) is 4.92. The van der Waals surface area contributed by atoms with E-state index in [9.17, 15) is 18.4 Å². The molecule has 3 N–H and O–H groups in total. The number of likely N-dealkylation sites (tertiary alicyclic amines) is 1. The Hall–Kier alpha value is -4.03. The summed E-state index contributed by atoms with van der Waals surface area (Å²) in [5.41, 5.74) is 8.35. The molecule has 1 amide bonds. The average molecular weight is 553 g/mol. The predicted octanol–water partition coefficient (Wildman–Crippen LogP) is 3.63. The lowest BCUT2D eigenvalue weighted by Crippen LogP contribution is -2.37. The van der Waals surface area contributed by atoms with Crippen molar-refractivity contribution in [3.63, 3.8) is 0 Å². The van der Waals surface area contributed by atoms with Gasteiger partial charge in [0.25, 0.3) is 17.9 Å². The van der Waals surface area contributed by atoms with E-state index in [-0.39, 0.29) is 24.3 Å². The van der Waals surface area contributed by atoms with E-state index in [1.54, 1.807) is 17.0 Å². The summed E-state index contributed by atoms with van der Waals surface area (Å²) in [4.78, 5) is 35.1. The quantitative estimate of drug-likeness (QED) is 0.376. The molecule has 39 heavy (non-hydrogen) atoms. The summed E-state index contributed by atoms with van der Waals surface area (Å²) >= 11 is 1.13. The summed E-state index contributed by atoms with van der Waals surface area (Å²) in [6.45, 7) is 1.73. The molecule has 2 aliphatic heterocycles. The monoisotopic (exact) mass is 552 g/mol. The molecule has 0 unspecified atom stereocenters. The topological polar surface area (TPSA) is 106 Å². The number of amides is 1. The molecule has 0 aliphatic carbocycles. The van der Waals surface area contributed by atoms with Crippen LogP contribution in [-0.4, -0.2) is 65.6 Å². The van der Waals surface area contributed by atoms with Crippen LogP contribution in [0.25, 0.3) is 16.0 Å². The number of hydrogen-bond acceptors (Lipinski definition) is 8. The van der Waals surface area contributed by atoms with E-state index < -0.39 is 12.0 Å². The Balaban J connectivity index is 1.34. The number of thiophene rings is 1. The average Bonchev–Trinajstić information content (AvgIpc) is 3.55. The minimum Gasteiger partial charge on any atom is -0.490 e. The summed E-state index contributed by atoms with van der Waals surface area (Å²) in [6, 6.07) is 16.8. The fourth-order valence-corrected chi connectivity index (χ4v) is 6.08. The van der Waals surface area contributed by atoms with Crippen molar-refractivity contribution in [3.05, 3.63) is 69.8 Å². The van der Waals surface area contributed by atoms with Crippen LogP contribution in [0.3, 0.4) is 0 Å². The fourth-order valence-electron chi connectivity index (χ4n) is 5.15. The van der Waals surface area contributed by atoms with Gasteiger partial charge < -0.3 is 20.7 Å². The van der Waals surface area contributed by atoms with Crippen LogP contribution in [0, 0.1) is 0 Å². The summed E-state index contributed by atoms with van der Waals surface area (Å²) in [6.07, 6.45) is -1.82. The minimum absolute atomic E-state index is 0.177. The van der Waals surface area contributed by atoms with Crippen LogP contribution in [0.2, 0.25) is 0 Å². The minimum atomic E-state index is -2.41. The van der Waals surface area contributed by atoms with Crippen LogP contribution in [0.4, 0.5) is 26.0 Å². The number of fused-ring (bicyclic) bond motifs is 2. The van der Waals surface area contributed by atoms with Gasteiger partial charge in [0.05, 0.1) is 34.9 Å². The number of halogens is 2. The molecule has 2 aliphatic rings. The van der Waals surface area contributed by atoms with Gasteiger partial charge in [-0.3, -0.25) is 19.1 Å². The first-order chi connectivity index (χ1) is 18.9. The summed E-state index contributed by atoms with van der Waals surface area (Å²) in [5, 5.41) is 2.93. The number of ether oxygens (including phenoxy) is 1. The predicted molar refractivity (Wildman–Crippen MR) is 147 cm³/mol. The van der Waals surface area contributed by atoms with Crippen molar-refractivity contribution in [2.75, 3.05) is 43.4 Å². The van der Waals surface area contributed by atoms with Crippen molar-refractivity contribution in [3.8, 4) is 11.4 Å². The molecule has 0 saturated carbocycles. The SMILES string of the molecule is Nc1nc2sc(C(=O)N[C@H]3CCN(CC(F)F)C3)cc2n(-c2ccc3c(c2)N(c2ccccc2)CCO3)c1=O. The Morgan fingerprint density at radius 3 is 2.77 bits per heavy atom. The largest absolute Gasteiger partial charge is 0.490 e. The molecule has 12 heteroatoms. The molecule has 4 heterocycles. The van der Waals surface area contributed by atoms with Crippen molar-refractivity contribution in [2.45, 2.75) is 18.9 Å². The van der Waals surface area contributed by atoms with Gasteiger partial charge in [-0.05, 0) is 42.8 Å². The molecule has 1 fully saturated rings. The molecular formula is C27H26F2N6O3S. The molecule has 6 rings (SSSR count). The number of anilines is 3. The van der Waals surface area contributed by atoms with Gasteiger partial charge in [0.2, 0.25) is 0 Å². The first-order valence-corrected chi connectivity index (χ1v) is 13.4. The molecule has 1 atom stereocenters. The van der Waals surface area contributed by atoms with Crippen LogP contribution in [0.15, 0.2) is 59.4 Å². The van der Waals surface area contributed by atoms with Crippen molar-refractivity contribution in [2.24, 2.45) is 0 Å². The number of alkyl halides is 2. The van der Waals surface area contributed by atoms with Crippen LogP contribution in [0.5, 0.6) is 5.75 Å². The highest BCUT2D eigenvalue weighted by Crippen LogP contribution is 2.38. The number of benzene rings is 2. The number of hydrogen-bond donors (Lipinski definition) is 2. The maximum atomic E-state index is 13.3. The van der Waals surface area contributed by atoms with Crippen LogP contribution in [0.1, 0.15) is 16.1 Å². The van der Waals surface area contributed by atoms with E-state index in [1.807, 2.05) is 42.5 Å². The van der Waals surface area contributed by atoms with Crippen LogP contribution < -0.4 is 26.2 Å². The zero-order chi connectivity index (χ0) is 27.1. The fraction of sp³-hybridized carbons (Fsp3) is 0.296. The third-order valence-electron chi connectivity index (χ3n) is 6.94. The molecule has 0 bridgehead atoms. The number of nitrogens with zero attached hydrogens (tertiary/aromatic N) is 4. The zero-order valence-corrected chi connectivity index (χ0v) is 21.7. The lowest BCUT2D eigenvalue weighted by Gasteiger charge is -2.31. The highest BCUT2D eigenvalue weighted by molar-refractivity contribution is 7.20. The van der Waals surface area contributed by atoms with E-state index in [0.717, 1.165) is 22.7 Å². The highest BCUT2D eigenvalue weighted by atomic mass is 32.1. The summed E-state index contributed by atoms with van der Waals surface area (Å²) in [7, 11) is 0. The first-order valence-electron chi connectivity index (χ1n) is 12.6. The lowest BCUT2D eigenvalue weighted by atomic mass is 10.1. The smallest absolute Gasteiger partial charge is 0.298 e. The molecule has 1 saturated heterocycles. The van der Waals surface area contributed by atoms with E-state index >= 15 is 0 Å². The van der Waals surface area contributed by atoms with Gasteiger partial charge in [0.1, 0.15) is 17.2 Å². The number of nitrogens with one attached hydrogen (secondary N) is 1. The second-order valence-corrected chi connectivity index (χ2v) is 10.6. The molecule has 0 spiro atoms. The van der Waals surface area contributed by atoms with Crippen molar-refractivity contribution in [1.29, 1.82) is 0 Å². The number of nitrogens with two attached hydrogens (primary N) is 1. The normalized spacial score (nSPS) is 17.4. The maximum absolute atomic E-state index is 13.3. The second kappa shape index (κ2) is 10.3. The Labute approximate surface area is 226 Å². The van der Waals surface area contributed by atoms with E-state index in [1.165, 1.54) is 4.57 Å². The van der Waals surface area contributed by atoms with Crippen molar-refractivity contribution < 1.29 is 18.3 Å². The van der Waals surface area contributed by atoms with E-state index in [2.05, 4.69) is 15.2 Å². The van der Waals surface area contributed by atoms with Gasteiger partial charge in [-0.25, -0.2) is 13.8 Å². The van der Waals surface area contributed by atoms with E-state index in [4.69, 9.17) is 10.5 Å². The van der Waals surface area contributed by atoms with Gasteiger partial charge in [-0.15, -0.1) is 11.3 Å². The van der Waals surface area contributed by atoms with Gasteiger partial charge in [-0.1, -0.05) is 18.2 Å². The van der Waals surface area contributed by atoms with Crippen LogP contribution in [-0.2, 0) is 0 Å². The number of nitrogen functional groups attached to an aromatic ring is 1. The number of carbonyl (C=O) groups is 1. The number of para-hydroxylation sites is 1. The van der Waals surface area contributed by atoms with Gasteiger partial charge in [0, 0.05) is 24.8 Å². The molecule has 9 nitrogen and oxygen atoms in total. The molecule has 4 aromatic rings.